The van der Waals surface area contributed by atoms with Crippen molar-refractivity contribution in [2.24, 2.45) is 0 Å². The summed E-state index contributed by atoms with van der Waals surface area (Å²) >= 11 is 0. The molecule has 0 atom stereocenters. The summed E-state index contributed by atoms with van der Waals surface area (Å²) in [5.41, 5.74) is 0.994. The molecule has 6 heteroatoms. The lowest BCUT2D eigenvalue weighted by molar-refractivity contribution is 0.554. The highest BCUT2D eigenvalue weighted by Gasteiger charge is 2.18. The van der Waals surface area contributed by atoms with E-state index in [0.717, 1.165) is 18.7 Å². The maximum absolute atomic E-state index is 12.1. The third-order valence-corrected chi connectivity index (χ3v) is 4.30. The second-order valence-electron chi connectivity index (χ2n) is 4.85. The molecule has 0 saturated carbocycles. The zero-order valence-corrected chi connectivity index (χ0v) is 13.0. The number of aromatic nitrogens is 1. The van der Waals surface area contributed by atoms with Crippen molar-refractivity contribution in [2.75, 3.05) is 13.1 Å². The minimum atomic E-state index is -3.38. The topological polar surface area (TPSA) is 63.1 Å². The van der Waals surface area contributed by atoms with Crippen LogP contribution in [0, 0.1) is 0 Å². The van der Waals surface area contributed by atoms with Gasteiger partial charge in [0.1, 0.15) is 0 Å². The van der Waals surface area contributed by atoms with Crippen LogP contribution < -0.4 is 10.0 Å². The van der Waals surface area contributed by atoms with Crippen molar-refractivity contribution < 1.29 is 8.42 Å². The molecule has 1 aromatic heterocycles. The lowest BCUT2D eigenvalue weighted by Gasteiger charge is -2.12. The second-order valence-corrected chi connectivity index (χ2v) is 6.61. The minimum Gasteiger partial charge on any atom is -0.346 e. The number of rotatable bonds is 8. The molecule has 0 fully saturated rings. The Labute approximate surface area is 116 Å². The van der Waals surface area contributed by atoms with Crippen molar-refractivity contribution in [3.05, 3.63) is 18.0 Å². The molecule has 5 nitrogen and oxygen atoms in total. The number of nitrogens with one attached hydrogen (secondary N) is 2. The van der Waals surface area contributed by atoms with Crippen molar-refractivity contribution in [3.63, 3.8) is 0 Å². The minimum absolute atomic E-state index is 0.240. The zero-order chi connectivity index (χ0) is 14.5. The first kappa shape index (κ1) is 16.2. The Morgan fingerprint density at radius 1 is 1.32 bits per heavy atom. The fraction of sp³-hybridized carbons (Fsp3) is 0.692. The molecule has 0 radical (unpaired) electrons. The van der Waals surface area contributed by atoms with Gasteiger partial charge in [0.2, 0.25) is 10.0 Å². The molecule has 0 aliphatic heterocycles. The lowest BCUT2D eigenvalue weighted by atomic mass is 10.3. The summed E-state index contributed by atoms with van der Waals surface area (Å²) in [5, 5.41) is 3.23. The molecule has 2 N–H and O–H groups in total. The smallest absolute Gasteiger partial charge is 0.242 e. The van der Waals surface area contributed by atoms with Gasteiger partial charge < -0.3 is 9.88 Å². The maximum atomic E-state index is 12.1. The molecule has 0 bridgehead atoms. The quantitative estimate of drug-likeness (QED) is 0.767. The third kappa shape index (κ3) is 4.33. The Kier molecular flexibility index (Phi) is 6.03. The molecule has 0 aliphatic carbocycles. The van der Waals surface area contributed by atoms with Crippen LogP contribution in [0.1, 0.15) is 45.9 Å². The molecule has 110 valence electrons. The second kappa shape index (κ2) is 7.07. The molecule has 0 aromatic carbocycles. The molecule has 0 unspecified atom stereocenters. The molecule has 0 spiro atoms. The molecule has 0 amide bonds. The third-order valence-electron chi connectivity index (χ3n) is 2.87. The van der Waals surface area contributed by atoms with E-state index in [4.69, 9.17) is 0 Å². The standard InChI is InChI=1S/C13H25N3O2S/c1-5-7-15-19(17,18)13-8-12(9-14-6-2)16(10-13)11(3)4/h8,10-11,14-15H,5-7,9H2,1-4H3. The van der Waals surface area contributed by atoms with Gasteiger partial charge >= 0.3 is 0 Å². The van der Waals surface area contributed by atoms with E-state index in [2.05, 4.69) is 10.0 Å². The van der Waals surface area contributed by atoms with E-state index < -0.39 is 10.0 Å². The van der Waals surface area contributed by atoms with Crippen molar-refractivity contribution >= 4 is 10.0 Å². The summed E-state index contributed by atoms with van der Waals surface area (Å²) in [4.78, 5) is 0.350. The summed E-state index contributed by atoms with van der Waals surface area (Å²) in [7, 11) is -3.38. The van der Waals surface area contributed by atoms with E-state index in [9.17, 15) is 8.42 Å². The van der Waals surface area contributed by atoms with E-state index in [-0.39, 0.29) is 6.04 Å². The first-order valence-electron chi connectivity index (χ1n) is 6.83. The van der Waals surface area contributed by atoms with Gasteiger partial charge in [0.25, 0.3) is 0 Å². The monoisotopic (exact) mass is 287 g/mol. The highest BCUT2D eigenvalue weighted by atomic mass is 32.2. The van der Waals surface area contributed by atoms with E-state index in [0.29, 0.717) is 18.0 Å². The van der Waals surface area contributed by atoms with E-state index in [1.54, 1.807) is 12.3 Å². The Balaban J connectivity index is 3.03. The van der Waals surface area contributed by atoms with Crippen molar-refractivity contribution in [2.45, 2.75) is 51.6 Å². The van der Waals surface area contributed by atoms with Crippen LogP contribution in [0.4, 0.5) is 0 Å². The summed E-state index contributed by atoms with van der Waals surface area (Å²) in [6, 6.07) is 1.99. The van der Waals surface area contributed by atoms with E-state index in [1.165, 1.54) is 0 Å². The molecule has 1 aromatic rings. The van der Waals surface area contributed by atoms with Crippen molar-refractivity contribution in [3.8, 4) is 0 Å². The Morgan fingerprint density at radius 3 is 2.53 bits per heavy atom. The number of hydrogen-bond acceptors (Lipinski definition) is 3. The van der Waals surface area contributed by atoms with Crippen LogP contribution in [0.15, 0.2) is 17.2 Å². The van der Waals surface area contributed by atoms with Crippen molar-refractivity contribution in [1.82, 2.24) is 14.6 Å². The fourth-order valence-electron chi connectivity index (χ4n) is 1.84. The first-order chi connectivity index (χ1) is 8.92. The maximum Gasteiger partial charge on any atom is 0.242 e. The summed E-state index contributed by atoms with van der Waals surface area (Å²) in [6.07, 6.45) is 2.50. The van der Waals surface area contributed by atoms with Gasteiger partial charge in [-0.1, -0.05) is 13.8 Å². The van der Waals surface area contributed by atoms with Crippen LogP contribution >= 0.6 is 0 Å². The van der Waals surface area contributed by atoms with E-state index in [1.807, 2.05) is 32.3 Å². The van der Waals surface area contributed by atoms with Crippen LogP contribution in [-0.2, 0) is 16.6 Å². The van der Waals surface area contributed by atoms with Crippen LogP contribution in [-0.4, -0.2) is 26.1 Å². The van der Waals surface area contributed by atoms with Gasteiger partial charge in [-0.05, 0) is 32.9 Å². The SMILES string of the molecule is CCCNS(=O)(=O)c1cc(CNCC)n(C(C)C)c1. The zero-order valence-electron chi connectivity index (χ0n) is 12.2. The van der Waals surface area contributed by atoms with Gasteiger partial charge in [-0.3, -0.25) is 0 Å². The summed E-state index contributed by atoms with van der Waals surface area (Å²) < 4.78 is 28.8. The highest BCUT2D eigenvalue weighted by molar-refractivity contribution is 7.89. The Bertz CT molecular complexity index is 492. The Morgan fingerprint density at radius 2 is 2.00 bits per heavy atom. The number of hydrogen-bond donors (Lipinski definition) is 2. The van der Waals surface area contributed by atoms with Gasteiger partial charge in [-0.2, -0.15) is 0 Å². The molecule has 0 saturated heterocycles. The highest BCUT2D eigenvalue weighted by Crippen LogP contribution is 2.18. The van der Waals surface area contributed by atoms with Gasteiger partial charge in [0.05, 0.1) is 4.90 Å². The van der Waals surface area contributed by atoms with Gasteiger partial charge in [0, 0.05) is 31.0 Å². The fourth-order valence-corrected chi connectivity index (χ4v) is 3.02. The van der Waals surface area contributed by atoms with Gasteiger partial charge in [-0.25, -0.2) is 13.1 Å². The molecule has 1 rings (SSSR count). The van der Waals surface area contributed by atoms with Gasteiger partial charge in [0.15, 0.2) is 0 Å². The van der Waals surface area contributed by atoms with Crippen LogP contribution in [0.3, 0.4) is 0 Å². The van der Waals surface area contributed by atoms with Crippen LogP contribution in [0.5, 0.6) is 0 Å². The number of sulfonamides is 1. The van der Waals surface area contributed by atoms with Gasteiger partial charge in [-0.15, -0.1) is 0 Å². The lowest BCUT2D eigenvalue weighted by Crippen LogP contribution is -2.24. The molecular formula is C13H25N3O2S. The summed E-state index contributed by atoms with van der Waals surface area (Å²) in [5.74, 6) is 0. The first-order valence-corrected chi connectivity index (χ1v) is 8.31. The molecule has 0 aliphatic rings. The molecular weight excluding hydrogens is 262 g/mol. The van der Waals surface area contributed by atoms with E-state index >= 15 is 0 Å². The van der Waals surface area contributed by atoms with Crippen LogP contribution in [0.2, 0.25) is 0 Å². The largest absolute Gasteiger partial charge is 0.346 e. The van der Waals surface area contributed by atoms with Crippen LogP contribution in [0.25, 0.3) is 0 Å². The Hall–Kier alpha value is -0.850. The predicted octanol–water partition coefficient (Wildman–Crippen LogP) is 1.87. The normalized spacial score (nSPS) is 12.3. The molecule has 1 heterocycles. The number of nitrogens with zero attached hydrogens (tertiary/aromatic N) is 1. The average molecular weight is 287 g/mol. The predicted molar refractivity (Wildman–Crippen MR) is 77.7 cm³/mol. The molecule has 19 heavy (non-hydrogen) atoms. The van der Waals surface area contributed by atoms with Crippen molar-refractivity contribution in [1.29, 1.82) is 0 Å². The average Bonchev–Trinajstić information content (AvgIpc) is 2.79. The summed E-state index contributed by atoms with van der Waals surface area (Å²) in [6.45, 7) is 10.1.